The zero-order valence-electron chi connectivity index (χ0n) is 22.8. The number of aromatic nitrogens is 1. The van der Waals surface area contributed by atoms with Crippen molar-refractivity contribution in [2.45, 2.75) is 39.7 Å². The molecule has 3 aromatic rings. The fourth-order valence-corrected chi connectivity index (χ4v) is 5.97. The number of hydrogen-bond acceptors (Lipinski definition) is 8. The second-order valence-corrected chi connectivity index (χ2v) is 10.4. The summed E-state index contributed by atoms with van der Waals surface area (Å²) >= 11 is 1.20. The highest BCUT2D eigenvalue weighted by Gasteiger charge is 2.36. The van der Waals surface area contributed by atoms with Gasteiger partial charge in [-0.1, -0.05) is 55.0 Å². The summed E-state index contributed by atoms with van der Waals surface area (Å²) in [5.41, 5.74) is 2.53. The molecule has 0 spiro atoms. The molecule has 0 N–H and O–H groups in total. The van der Waals surface area contributed by atoms with Gasteiger partial charge in [0.15, 0.2) is 4.80 Å². The summed E-state index contributed by atoms with van der Waals surface area (Å²) in [4.78, 5) is 45.9. The largest absolute Gasteiger partial charge is 0.497 e. The Labute approximate surface area is 235 Å². The number of rotatable bonds is 8. The molecule has 2 atom stereocenters. The molecule has 9 nitrogen and oxygen atoms in total. The van der Waals surface area contributed by atoms with Crippen molar-refractivity contribution in [1.82, 2.24) is 4.57 Å². The van der Waals surface area contributed by atoms with E-state index in [1.165, 1.54) is 20.9 Å². The van der Waals surface area contributed by atoms with Gasteiger partial charge in [-0.15, -0.1) is 0 Å². The molecule has 2 aromatic carbocycles. The van der Waals surface area contributed by atoms with E-state index in [1.54, 1.807) is 33.1 Å². The van der Waals surface area contributed by atoms with Crippen LogP contribution in [-0.2, 0) is 14.3 Å². The van der Waals surface area contributed by atoms with E-state index >= 15 is 0 Å². The van der Waals surface area contributed by atoms with E-state index in [1.807, 2.05) is 55.5 Å². The van der Waals surface area contributed by atoms with Crippen LogP contribution in [-0.4, -0.2) is 35.9 Å². The number of esters is 1. The summed E-state index contributed by atoms with van der Waals surface area (Å²) in [6.45, 7) is 5.72. The van der Waals surface area contributed by atoms with Crippen molar-refractivity contribution in [3.8, 4) is 5.75 Å². The smallest absolute Gasteiger partial charge is 0.338 e. The Hall–Kier alpha value is -4.31. The number of anilines is 1. The van der Waals surface area contributed by atoms with Crippen LogP contribution >= 0.6 is 11.3 Å². The zero-order chi connectivity index (χ0) is 28.4. The maximum atomic E-state index is 14.0. The number of hydrazone groups is 1. The number of carbonyl (C=O) groups excluding carboxylic acids is 2. The number of thiazole rings is 1. The van der Waals surface area contributed by atoms with Gasteiger partial charge in [-0.3, -0.25) is 14.2 Å². The van der Waals surface area contributed by atoms with Crippen molar-refractivity contribution in [2.24, 2.45) is 16.0 Å². The Morgan fingerprint density at radius 2 is 1.88 bits per heavy atom. The van der Waals surface area contributed by atoms with Gasteiger partial charge in [0.2, 0.25) is 0 Å². The Balaban J connectivity index is 1.67. The summed E-state index contributed by atoms with van der Waals surface area (Å²) < 4.78 is 12.8. The number of para-hydroxylation sites is 1. The molecule has 0 bridgehead atoms. The number of fused-ring (bicyclic) bond motifs is 1. The zero-order valence-corrected chi connectivity index (χ0v) is 23.6. The van der Waals surface area contributed by atoms with Gasteiger partial charge in [-0.05, 0) is 56.2 Å². The average Bonchev–Trinajstić information content (AvgIpc) is 3.43. The predicted octanol–water partition coefficient (Wildman–Crippen LogP) is 3.58. The number of benzene rings is 2. The van der Waals surface area contributed by atoms with Crippen LogP contribution in [0.2, 0.25) is 0 Å². The molecule has 206 valence electrons. The topological polar surface area (TPSA) is 103 Å². The lowest BCUT2D eigenvalue weighted by molar-refractivity contribution is -0.139. The van der Waals surface area contributed by atoms with Crippen LogP contribution in [0.15, 0.2) is 80.8 Å². The van der Waals surface area contributed by atoms with E-state index in [2.05, 4.69) is 5.10 Å². The van der Waals surface area contributed by atoms with Gasteiger partial charge in [-0.25, -0.2) is 9.79 Å². The summed E-state index contributed by atoms with van der Waals surface area (Å²) in [6, 6.07) is 15.7. The fraction of sp³-hybridized carbons (Fsp3) is 0.300. The molecule has 0 aliphatic carbocycles. The fourth-order valence-electron chi connectivity index (χ4n) is 4.94. The minimum absolute atomic E-state index is 0.192. The van der Waals surface area contributed by atoms with Gasteiger partial charge in [0.1, 0.15) is 11.7 Å². The minimum atomic E-state index is -0.760. The summed E-state index contributed by atoms with van der Waals surface area (Å²) in [5.74, 6) is -0.847. The number of allylic oxidation sites excluding steroid dienone is 1. The van der Waals surface area contributed by atoms with Gasteiger partial charge >= 0.3 is 5.97 Å². The number of carbonyl (C=O) groups is 2. The van der Waals surface area contributed by atoms with E-state index in [0.717, 1.165) is 6.42 Å². The van der Waals surface area contributed by atoms with Gasteiger partial charge in [0.25, 0.3) is 11.5 Å². The van der Waals surface area contributed by atoms with Crippen LogP contribution in [0.4, 0.5) is 5.69 Å². The lowest BCUT2D eigenvalue weighted by Crippen LogP contribution is -2.40. The summed E-state index contributed by atoms with van der Waals surface area (Å²) in [7, 11) is 1.57. The Morgan fingerprint density at radius 3 is 2.58 bits per heavy atom. The first-order valence-corrected chi connectivity index (χ1v) is 14.0. The van der Waals surface area contributed by atoms with Crippen molar-refractivity contribution >= 4 is 40.7 Å². The third-order valence-corrected chi connectivity index (χ3v) is 7.80. The van der Waals surface area contributed by atoms with Crippen molar-refractivity contribution < 1.29 is 19.1 Å². The Bertz CT molecular complexity index is 1700. The highest BCUT2D eigenvalue weighted by molar-refractivity contribution is 7.07. The highest BCUT2D eigenvalue weighted by Crippen LogP contribution is 2.34. The lowest BCUT2D eigenvalue weighted by atomic mass is 9.94. The molecule has 0 saturated carbocycles. The summed E-state index contributed by atoms with van der Waals surface area (Å²) in [5, 5.41) is 5.83. The van der Waals surface area contributed by atoms with Crippen LogP contribution in [0.5, 0.6) is 5.75 Å². The first-order chi connectivity index (χ1) is 19.4. The quantitative estimate of drug-likeness (QED) is 0.394. The van der Waals surface area contributed by atoms with Gasteiger partial charge in [0, 0.05) is 0 Å². The van der Waals surface area contributed by atoms with Gasteiger partial charge in [-0.2, -0.15) is 10.1 Å². The summed E-state index contributed by atoms with van der Waals surface area (Å²) in [6.07, 6.45) is 2.95. The molecular weight excluding hydrogens is 528 g/mol. The van der Waals surface area contributed by atoms with E-state index < -0.39 is 17.9 Å². The second kappa shape index (κ2) is 11.4. The van der Waals surface area contributed by atoms with Crippen LogP contribution < -0.4 is 24.6 Å². The molecule has 3 heterocycles. The van der Waals surface area contributed by atoms with Crippen LogP contribution in [0.1, 0.15) is 45.2 Å². The average molecular weight is 559 g/mol. The number of amides is 1. The maximum Gasteiger partial charge on any atom is 0.338 e. The third kappa shape index (κ3) is 4.90. The molecule has 0 unspecified atom stereocenters. The van der Waals surface area contributed by atoms with Crippen molar-refractivity contribution in [3.05, 3.63) is 91.1 Å². The van der Waals surface area contributed by atoms with Gasteiger partial charge in [0.05, 0.1) is 47.0 Å². The van der Waals surface area contributed by atoms with Crippen LogP contribution in [0, 0.1) is 5.92 Å². The predicted molar refractivity (Wildman–Crippen MR) is 154 cm³/mol. The first kappa shape index (κ1) is 27.3. The standard InChI is InChI=1S/C30H30N4O5S/c1-5-11-23-25(29(37)39-6-2)26(19-12-10-15-21(16-19)38-4)33-28(36)24(40-30(33)31-23)17-22-18(3)32-34(27(22)35)20-13-8-7-9-14-20/h7-10,12-17,22,26H,5-6,11H2,1-4H3/b24-17+/t22-,26+/m1/s1. The second-order valence-electron chi connectivity index (χ2n) is 9.42. The SMILES string of the molecule is CCCC1=C(C(=O)OCC)[C@H](c2cccc(OC)c2)n2c(s/c(=C/[C@H]3C(=O)N(c4ccccc4)N=C3C)c2=O)=N1. The molecule has 10 heteroatoms. The number of nitrogens with zero attached hydrogens (tertiary/aromatic N) is 4. The minimum Gasteiger partial charge on any atom is -0.497 e. The van der Waals surface area contributed by atoms with Crippen molar-refractivity contribution in [1.29, 1.82) is 0 Å². The molecule has 1 amide bonds. The Kier molecular flexibility index (Phi) is 7.79. The number of hydrogen-bond donors (Lipinski definition) is 0. The molecule has 5 rings (SSSR count). The number of ether oxygens (including phenoxy) is 2. The molecule has 1 aromatic heterocycles. The molecule has 2 aliphatic heterocycles. The Morgan fingerprint density at radius 1 is 1.10 bits per heavy atom. The molecule has 0 fully saturated rings. The molecular formula is C30H30N4O5S. The highest BCUT2D eigenvalue weighted by atomic mass is 32.1. The normalized spacial score (nSPS) is 18.9. The lowest BCUT2D eigenvalue weighted by Gasteiger charge is -2.26. The van der Waals surface area contributed by atoms with Crippen LogP contribution in [0.3, 0.4) is 0 Å². The van der Waals surface area contributed by atoms with E-state index in [0.29, 0.717) is 49.7 Å². The molecule has 2 aliphatic rings. The molecule has 0 radical (unpaired) electrons. The van der Waals surface area contributed by atoms with Crippen LogP contribution in [0.25, 0.3) is 6.08 Å². The van der Waals surface area contributed by atoms with E-state index in [4.69, 9.17) is 14.5 Å². The third-order valence-electron chi connectivity index (χ3n) is 6.80. The monoisotopic (exact) mass is 558 g/mol. The van der Waals surface area contributed by atoms with Gasteiger partial charge < -0.3 is 9.47 Å². The molecule has 0 saturated heterocycles. The van der Waals surface area contributed by atoms with Crippen molar-refractivity contribution in [3.63, 3.8) is 0 Å². The first-order valence-electron chi connectivity index (χ1n) is 13.2. The van der Waals surface area contributed by atoms with E-state index in [-0.39, 0.29) is 18.1 Å². The van der Waals surface area contributed by atoms with E-state index in [9.17, 15) is 14.4 Å². The maximum absolute atomic E-state index is 14.0. The number of methoxy groups -OCH3 is 1. The molecule has 40 heavy (non-hydrogen) atoms. The van der Waals surface area contributed by atoms with Crippen molar-refractivity contribution in [2.75, 3.05) is 18.7 Å².